The fraction of sp³-hybridized carbons (Fsp3) is 0.324. The van der Waals surface area contributed by atoms with E-state index in [4.69, 9.17) is 4.74 Å². The number of benzene rings is 1. The van der Waals surface area contributed by atoms with E-state index in [-0.39, 0.29) is 6.42 Å². The van der Waals surface area contributed by atoms with Gasteiger partial charge in [0.2, 0.25) is 5.78 Å². The zero-order chi connectivity index (χ0) is 32.9. The van der Waals surface area contributed by atoms with Crippen molar-refractivity contribution in [2.75, 3.05) is 11.5 Å². The molecule has 0 N–H and O–H groups in total. The third kappa shape index (κ3) is 11.2. The first-order chi connectivity index (χ1) is 22.8. The van der Waals surface area contributed by atoms with E-state index in [1.54, 1.807) is 47.5 Å². The molecule has 5 aromatic rings. The Hall–Kier alpha value is -4.20. The molecule has 0 fully saturated rings. The van der Waals surface area contributed by atoms with Crippen molar-refractivity contribution >= 4 is 34.1 Å². The van der Waals surface area contributed by atoms with Gasteiger partial charge in [-0.3, -0.25) is 19.7 Å². The maximum atomic E-state index is 12.6. The van der Waals surface area contributed by atoms with Crippen LogP contribution in [-0.4, -0.2) is 43.4 Å². The highest BCUT2D eigenvalue weighted by molar-refractivity contribution is 7.09. The van der Waals surface area contributed by atoms with Gasteiger partial charge in [0.1, 0.15) is 15.8 Å². The molecular formula is C34H35F3N6O2S2. The summed E-state index contributed by atoms with van der Waals surface area (Å²) in [6.45, 7) is 3.28. The first kappa shape index (κ1) is 34.1. The Kier molecular flexibility index (Phi) is 12.4. The van der Waals surface area contributed by atoms with Crippen molar-refractivity contribution in [2.24, 2.45) is 0 Å². The molecule has 5 rings (SSSR count). The number of hydrogen-bond acceptors (Lipinski definition) is 10. The number of alkyl halides is 3. The van der Waals surface area contributed by atoms with Crippen LogP contribution in [0.1, 0.15) is 52.6 Å². The summed E-state index contributed by atoms with van der Waals surface area (Å²) in [6.07, 6.45) is 3.02. The third-order valence-corrected chi connectivity index (χ3v) is 8.73. The maximum Gasteiger partial charge on any atom is 0.449 e. The number of hydrogen-bond donors (Lipinski definition) is 0. The zero-order valence-corrected chi connectivity index (χ0v) is 27.3. The normalized spacial score (nSPS) is 11.6. The number of ether oxygens (including phenoxy) is 1. The number of rotatable bonds is 18. The summed E-state index contributed by atoms with van der Waals surface area (Å²) in [5.74, 6) is -1.03. The molecule has 0 spiro atoms. The van der Waals surface area contributed by atoms with E-state index in [1.165, 1.54) is 0 Å². The number of Topliss-reactive ketones (excluding diaryl/α,β-unsaturated/α-hetero) is 1. The van der Waals surface area contributed by atoms with Crippen LogP contribution in [0.4, 0.5) is 18.9 Å². The third-order valence-electron chi connectivity index (χ3n) is 7.20. The number of anilines is 1. The highest BCUT2D eigenvalue weighted by atomic mass is 32.1. The minimum Gasteiger partial charge on any atom is -0.494 e. The van der Waals surface area contributed by atoms with Crippen molar-refractivity contribution in [2.45, 2.75) is 64.6 Å². The van der Waals surface area contributed by atoms with E-state index in [2.05, 4.69) is 35.8 Å². The van der Waals surface area contributed by atoms with Gasteiger partial charge in [-0.2, -0.15) is 13.2 Å². The summed E-state index contributed by atoms with van der Waals surface area (Å²) < 4.78 is 43.9. The van der Waals surface area contributed by atoms with E-state index in [0.717, 1.165) is 32.7 Å². The summed E-state index contributed by atoms with van der Waals surface area (Å²) in [4.78, 5) is 33.8. The van der Waals surface area contributed by atoms with Crippen LogP contribution < -0.4 is 9.64 Å². The Morgan fingerprint density at radius 2 is 1.40 bits per heavy atom. The van der Waals surface area contributed by atoms with Gasteiger partial charge >= 0.3 is 6.18 Å². The molecule has 0 aliphatic heterocycles. The van der Waals surface area contributed by atoms with E-state index in [1.807, 2.05) is 59.3 Å². The molecule has 0 saturated heterocycles. The van der Waals surface area contributed by atoms with Crippen LogP contribution in [0.15, 0.2) is 90.1 Å². The summed E-state index contributed by atoms with van der Waals surface area (Å²) >= 11 is 3.19. The summed E-state index contributed by atoms with van der Waals surface area (Å²) in [7, 11) is 0. The van der Waals surface area contributed by atoms with Gasteiger partial charge < -0.3 is 9.64 Å². The molecule has 246 valence electrons. The van der Waals surface area contributed by atoms with Gasteiger partial charge in [0.15, 0.2) is 0 Å². The van der Waals surface area contributed by atoms with Crippen molar-refractivity contribution < 1.29 is 22.7 Å². The lowest BCUT2D eigenvalue weighted by Crippen LogP contribution is -2.25. The topological polar surface area (TPSA) is 84.3 Å². The molecule has 0 saturated carbocycles. The van der Waals surface area contributed by atoms with E-state index in [0.29, 0.717) is 57.9 Å². The second-order valence-corrected chi connectivity index (χ2v) is 12.9. The molecule has 0 aliphatic rings. The van der Waals surface area contributed by atoms with Gasteiger partial charge in [0.05, 0.1) is 37.6 Å². The van der Waals surface area contributed by atoms with Crippen molar-refractivity contribution in [3.63, 3.8) is 0 Å². The molecule has 0 aliphatic carbocycles. The predicted octanol–water partition coefficient (Wildman–Crippen LogP) is 7.87. The van der Waals surface area contributed by atoms with Crippen LogP contribution in [0, 0.1) is 0 Å². The minimum atomic E-state index is -4.78. The van der Waals surface area contributed by atoms with Crippen molar-refractivity contribution in [1.29, 1.82) is 0 Å². The molecule has 0 radical (unpaired) electrons. The number of carbonyl (C=O) groups excluding carboxylic acids is 1. The minimum absolute atomic E-state index is 0.165. The summed E-state index contributed by atoms with van der Waals surface area (Å²) in [5, 5.41) is 5.88. The molecule has 47 heavy (non-hydrogen) atoms. The lowest BCUT2D eigenvalue weighted by molar-refractivity contribution is -0.171. The van der Waals surface area contributed by atoms with Gasteiger partial charge in [-0.05, 0) is 61.2 Å². The SMILES string of the molecule is O=C(CCCCCOc1cc(CN(Cc2ccccn2)Cc2nccs2)cc(N(Cc2ccccn2)Cc2nccs2)c1)C(F)(F)F. The fourth-order valence-corrected chi connectivity index (χ4v) is 6.27. The number of carbonyl (C=O) groups is 1. The monoisotopic (exact) mass is 680 g/mol. The number of nitrogens with zero attached hydrogens (tertiary/aromatic N) is 6. The maximum absolute atomic E-state index is 12.6. The van der Waals surface area contributed by atoms with Gasteiger partial charge in [-0.15, -0.1) is 22.7 Å². The van der Waals surface area contributed by atoms with Gasteiger partial charge in [0.25, 0.3) is 0 Å². The molecule has 0 amide bonds. The summed E-state index contributed by atoms with van der Waals surface area (Å²) in [5.41, 5.74) is 3.80. The molecule has 4 heterocycles. The van der Waals surface area contributed by atoms with Crippen molar-refractivity contribution in [3.05, 3.63) is 117 Å². The van der Waals surface area contributed by atoms with Crippen LogP contribution in [-0.2, 0) is 37.5 Å². The largest absolute Gasteiger partial charge is 0.494 e. The molecule has 13 heteroatoms. The Labute approximate surface area is 279 Å². The average molecular weight is 681 g/mol. The van der Waals surface area contributed by atoms with E-state index >= 15 is 0 Å². The van der Waals surface area contributed by atoms with Crippen LogP contribution in [0.2, 0.25) is 0 Å². The lowest BCUT2D eigenvalue weighted by Gasteiger charge is -2.26. The zero-order valence-electron chi connectivity index (χ0n) is 25.7. The molecule has 8 nitrogen and oxygen atoms in total. The Morgan fingerprint density at radius 3 is 2.02 bits per heavy atom. The number of unbranched alkanes of at least 4 members (excludes halogenated alkanes) is 2. The predicted molar refractivity (Wildman–Crippen MR) is 177 cm³/mol. The molecule has 0 atom stereocenters. The summed E-state index contributed by atoms with van der Waals surface area (Å²) in [6, 6.07) is 17.9. The van der Waals surface area contributed by atoms with Crippen LogP contribution in [0.3, 0.4) is 0 Å². The van der Waals surface area contributed by atoms with Crippen molar-refractivity contribution in [3.8, 4) is 5.75 Å². The van der Waals surface area contributed by atoms with Gasteiger partial charge in [0, 0.05) is 66.8 Å². The average Bonchev–Trinajstić information content (AvgIpc) is 3.78. The molecule has 0 bridgehead atoms. The molecule has 4 aromatic heterocycles. The van der Waals surface area contributed by atoms with E-state index in [9.17, 15) is 18.0 Å². The van der Waals surface area contributed by atoms with Gasteiger partial charge in [-0.25, -0.2) is 9.97 Å². The smallest absolute Gasteiger partial charge is 0.449 e. The number of aromatic nitrogens is 4. The number of ketones is 1. The number of thiazole rings is 2. The highest BCUT2D eigenvalue weighted by Crippen LogP contribution is 2.29. The van der Waals surface area contributed by atoms with Crippen LogP contribution in [0.5, 0.6) is 5.75 Å². The van der Waals surface area contributed by atoms with Crippen LogP contribution >= 0.6 is 22.7 Å². The molecule has 1 aromatic carbocycles. The highest BCUT2D eigenvalue weighted by Gasteiger charge is 2.37. The Morgan fingerprint density at radius 1 is 0.723 bits per heavy atom. The quantitative estimate of drug-likeness (QED) is 0.0865. The van der Waals surface area contributed by atoms with Crippen LogP contribution in [0.25, 0.3) is 0 Å². The van der Waals surface area contributed by atoms with Crippen molar-refractivity contribution in [1.82, 2.24) is 24.8 Å². The standard InChI is InChI=1S/C34H35F3N6O2S2/c35-34(36,37)31(44)10-2-1-7-15-45-30-19-26(21-42(24-32-40-13-16-46-32)22-27-8-3-5-11-38-27)18-29(20-30)43(25-33-41-14-17-47-33)23-28-9-4-6-12-39-28/h3-6,8-9,11-14,16-20H,1-2,7,10,15,21-25H2. The van der Waals surface area contributed by atoms with E-state index < -0.39 is 18.4 Å². The lowest BCUT2D eigenvalue weighted by atomic mass is 10.1. The molecule has 0 unspecified atom stereocenters. The fourth-order valence-electron chi connectivity index (χ4n) is 4.99. The first-order valence-electron chi connectivity index (χ1n) is 15.2. The Bertz CT molecular complexity index is 1640. The van der Waals surface area contributed by atoms with Gasteiger partial charge in [-0.1, -0.05) is 12.1 Å². The number of halogens is 3. The second-order valence-electron chi connectivity index (χ2n) is 10.9. The second kappa shape index (κ2) is 17.1. The first-order valence-corrected chi connectivity index (χ1v) is 17.0. The Balaban J connectivity index is 1.38. The number of pyridine rings is 2. The molecular weight excluding hydrogens is 646 g/mol.